The predicted molar refractivity (Wildman–Crippen MR) is 65.6 cm³/mol. The molecule has 2 bridgehead atoms. The van der Waals surface area contributed by atoms with E-state index in [4.69, 9.17) is 0 Å². The molecule has 110 valence electrons. The van der Waals surface area contributed by atoms with Gasteiger partial charge in [-0.25, -0.2) is 0 Å². The second kappa shape index (κ2) is 5.31. The number of carbonyl (C=O) groups excluding carboxylic acids is 1. The van der Waals surface area contributed by atoms with Gasteiger partial charge in [-0.15, -0.1) is 0 Å². The zero-order chi connectivity index (χ0) is 14.2. The lowest BCUT2D eigenvalue weighted by Crippen LogP contribution is -2.44. The van der Waals surface area contributed by atoms with E-state index in [9.17, 15) is 18.0 Å². The lowest BCUT2D eigenvalue weighted by atomic mass is 10.0. The summed E-state index contributed by atoms with van der Waals surface area (Å²) in [6.07, 6.45) is -2.73. The smallest absolute Gasteiger partial charge is 0.338 e. The topological polar surface area (TPSA) is 23.6 Å². The van der Waals surface area contributed by atoms with E-state index >= 15 is 0 Å². The molecule has 0 N–H and O–H groups in total. The Morgan fingerprint density at radius 3 is 2.68 bits per heavy atom. The molecule has 19 heavy (non-hydrogen) atoms. The molecule has 2 fully saturated rings. The maximum Gasteiger partial charge on any atom is 0.392 e. The number of likely N-dealkylation sites (N-methyl/N-ethyl adjacent to an activating group) is 1. The van der Waals surface area contributed by atoms with Gasteiger partial charge >= 0.3 is 6.18 Å². The third-order valence-corrected chi connectivity index (χ3v) is 4.30. The quantitative estimate of drug-likeness (QED) is 0.772. The number of amides is 1. The summed E-state index contributed by atoms with van der Waals surface area (Å²) in [6.45, 7) is 3.52. The van der Waals surface area contributed by atoms with E-state index < -0.39 is 18.5 Å². The van der Waals surface area contributed by atoms with Gasteiger partial charge in [0.25, 0.3) is 0 Å². The number of rotatable bonds is 2. The molecule has 0 aromatic carbocycles. The third-order valence-electron chi connectivity index (χ3n) is 4.30. The van der Waals surface area contributed by atoms with Crippen molar-refractivity contribution in [3.8, 4) is 0 Å². The molecule has 2 aliphatic rings. The van der Waals surface area contributed by atoms with Crippen LogP contribution in [-0.4, -0.2) is 54.6 Å². The summed E-state index contributed by atoms with van der Waals surface area (Å²) in [5.74, 6) is -1.44. The van der Waals surface area contributed by atoms with Crippen molar-refractivity contribution in [2.45, 2.75) is 38.4 Å². The normalized spacial score (nSPS) is 30.3. The molecule has 3 nitrogen and oxygen atoms in total. The minimum absolute atomic E-state index is 0.102. The van der Waals surface area contributed by atoms with Crippen LogP contribution >= 0.6 is 0 Å². The summed E-state index contributed by atoms with van der Waals surface area (Å²) in [4.78, 5) is 15.9. The van der Waals surface area contributed by atoms with Crippen LogP contribution in [0.15, 0.2) is 0 Å². The van der Waals surface area contributed by atoms with E-state index in [2.05, 4.69) is 4.90 Å². The van der Waals surface area contributed by atoms with Crippen molar-refractivity contribution in [1.29, 1.82) is 0 Å². The third kappa shape index (κ3) is 3.41. The van der Waals surface area contributed by atoms with Crippen LogP contribution in [0, 0.1) is 11.8 Å². The van der Waals surface area contributed by atoms with Crippen LogP contribution < -0.4 is 0 Å². The van der Waals surface area contributed by atoms with Crippen LogP contribution in [0.25, 0.3) is 0 Å². The van der Waals surface area contributed by atoms with E-state index in [1.807, 2.05) is 7.05 Å². The molecule has 1 amide bonds. The number of hydrogen-bond donors (Lipinski definition) is 0. The van der Waals surface area contributed by atoms with Gasteiger partial charge in [0.2, 0.25) is 5.91 Å². The van der Waals surface area contributed by atoms with Crippen molar-refractivity contribution in [2.24, 2.45) is 11.8 Å². The first kappa shape index (κ1) is 14.6. The van der Waals surface area contributed by atoms with Crippen LogP contribution in [-0.2, 0) is 4.79 Å². The molecule has 0 aromatic heterocycles. The lowest BCUT2D eigenvalue weighted by molar-refractivity contribution is -0.176. The highest BCUT2D eigenvalue weighted by Gasteiger charge is 2.42. The molecule has 0 aliphatic carbocycles. The van der Waals surface area contributed by atoms with E-state index in [1.54, 1.807) is 4.90 Å². The van der Waals surface area contributed by atoms with Crippen molar-refractivity contribution >= 4 is 5.91 Å². The monoisotopic (exact) mass is 278 g/mol. The van der Waals surface area contributed by atoms with Crippen molar-refractivity contribution in [1.82, 2.24) is 9.80 Å². The van der Waals surface area contributed by atoms with Gasteiger partial charge in [-0.2, -0.15) is 13.2 Å². The Morgan fingerprint density at radius 2 is 2.05 bits per heavy atom. The molecular formula is C13H21F3N2O. The van der Waals surface area contributed by atoms with Crippen molar-refractivity contribution in [2.75, 3.05) is 26.7 Å². The lowest BCUT2D eigenvalue weighted by Gasteiger charge is -2.30. The van der Waals surface area contributed by atoms with Gasteiger partial charge < -0.3 is 9.80 Å². The number of halogens is 3. The maximum absolute atomic E-state index is 12.5. The standard InChI is InChI=1S/C13H21F3N2O/c1-9(13(14,15)16)5-12(19)18-7-10-3-4-17(2)8-11(18)6-10/h9-11H,3-8H2,1-2H3. The molecule has 0 radical (unpaired) electrons. The Kier molecular flexibility index (Phi) is 4.08. The summed E-state index contributed by atoms with van der Waals surface area (Å²) in [6, 6.07) is 0.102. The highest BCUT2D eigenvalue weighted by atomic mass is 19.4. The zero-order valence-corrected chi connectivity index (χ0v) is 11.4. The van der Waals surface area contributed by atoms with Gasteiger partial charge in [-0.3, -0.25) is 4.79 Å². The number of nitrogens with zero attached hydrogens (tertiary/aromatic N) is 2. The van der Waals surface area contributed by atoms with E-state index in [-0.39, 0.29) is 11.9 Å². The molecule has 2 heterocycles. The number of carbonyl (C=O) groups is 1. The number of fused-ring (bicyclic) bond motifs is 2. The molecule has 0 saturated carbocycles. The van der Waals surface area contributed by atoms with Crippen LogP contribution in [0.3, 0.4) is 0 Å². The molecule has 2 aliphatic heterocycles. The minimum atomic E-state index is -4.28. The predicted octanol–water partition coefficient (Wildman–Crippen LogP) is 2.13. The molecule has 6 heteroatoms. The first-order valence-corrected chi connectivity index (χ1v) is 6.82. The Bertz CT molecular complexity index is 345. The van der Waals surface area contributed by atoms with E-state index in [1.165, 1.54) is 0 Å². The Labute approximate surface area is 111 Å². The fraction of sp³-hybridized carbons (Fsp3) is 0.923. The van der Waals surface area contributed by atoms with Crippen LogP contribution in [0.4, 0.5) is 13.2 Å². The minimum Gasteiger partial charge on any atom is -0.338 e. The fourth-order valence-corrected chi connectivity index (χ4v) is 3.05. The number of alkyl halides is 3. The molecule has 2 saturated heterocycles. The highest BCUT2D eigenvalue weighted by Crippen LogP contribution is 2.33. The fourth-order valence-electron chi connectivity index (χ4n) is 3.05. The second-order valence-electron chi connectivity index (χ2n) is 6.00. The average Bonchev–Trinajstić information content (AvgIpc) is 2.57. The van der Waals surface area contributed by atoms with Gasteiger partial charge in [0.05, 0.1) is 5.92 Å². The average molecular weight is 278 g/mol. The maximum atomic E-state index is 12.5. The molecular weight excluding hydrogens is 257 g/mol. The summed E-state index contributed by atoms with van der Waals surface area (Å²) in [5.41, 5.74) is 0. The molecule has 0 aromatic rings. The molecule has 0 spiro atoms. The number of hydrogen-bond acceptors (Lipinski definition) is 2. The second-order valence-corrected chi connectivity index (χ2v) is 6.00. The summed E-state index contributed by atoms with van der Waals surface area (Å²) >= 11 is 0. The first-order chi connectivity index (χ1) is 8.77. The van der Waals surface area contributed by atoms with Crippen LogP contribution in [0.2, 0.25) is 0 Å². The van der Waals surface area contributed by atoms with Gasteiger partial charge in [-0.05, 0) is 32.4 Å². The van der Waals surface area contributed by atoms with E-state index in [0.717, 1.165) is 32.9 Å². The molecule has 3 atom stereocenters. The Hall–Kier alpha value is -0.780. The van der Waals surface area contributed by atoms with Gasteiger partial charge in [-0.1, -0.05) is 6.92 Å². The van der Waals surface area contributed by atoms with Crippen molar-refractivity contribution in [3.05, 3.63) is 0 Å². The van der Waals surface area contributed by atoms with Crippen LogP contribution in [0.5, 0.6) is 0 Å². The zero-order valence-electron chi connectivity index (χ0n) is 11.4. The Morgan fingerprint density at radius 1 is 1.37 bits per heavy atom. The highest BCUT2D eigenvalue weighted by molar-refractivity contribution is 5.77. The summed E-state index contributed by atoms with van der Waals surface area (Å²) < 4.78 is 37.5. The van der Waals surface area contributed by atoms with E-state index in [0.29, 0.717) is 12.5 Å². The van der Waals surface area contributed by atoms with Gasteiger partial charge in [0, 0.05) is 25.6 Å². The van der Waals surface area contributed by atoms with Gasteiger partial charge in [0.15, 0.2) is 0 Å². The van der Waals surface area contributed by atoms with Crippen molar-refractivity contribution < 1.29 is 18.0 Å². The summed E-state index contributed by atoms with van der Waals surface area (Å²) in [7, 11) is 2.00. The molecule has 3 unspecified atom stereocenters. The van der Waals surface area contributed by atoms with Gasteiger partial charge in [0.1, 0.15) is 0 Å². The van der Waals surface area contributed by atoms with Crippen molar-refractivity contribution in [3.63, 3.8) is 0 Å². The first-order valence-electron chi connectivity index (χ1n) is 6.82. The van der Waals surface area contributed by atoms with Crippen LogP contribution in [0.1, 0.15) is 26.2 Å². The Balaban J connectivity index is 1.97. The molecule has 2 rings (SSSR count). The largest absolute Gasteiger partial charge is 0.392 e. The SMILES string of the molecule is CC(CC(=O)N1CC2CCN(C)CC1C2)C(F)(F)F. The number of likely N-dealkylation sites (tertiary alicyclic amines) is 2. The summed E-state index contributed by atoms with van der Waals surface area (Å²) in [5, 5.41) is 0.